The molecule has 5 nitrogen and oxygen atoms in total. The van der Waals surface area contributed by atoms with Gasteiger partial charge in [0, 0.05) is 4.92 Å². The quantitative estimate of drug-likeness (QED) is 0.450. The molecule has 104 valence electrons. The van der Waals surface area contributed by atoms with Gasteiger partial charge in [-0.3, -0.25) is 14.9 Å². The van der Waals surface area contributed by atoms with E-state index in [4.69, 9.17) is 4.74 Å². The Hall–Kier alpha value is -1.91. The van der Waals surface area contributed by atoms with E-state index in [1.165, 1.54) is 0 Å². The molecule has 0 radical (unpaired) electrons. The first-order chi connectivity index (χ1) is 8.89. The van der Waals surface area contributed by atoms with Gasteiger partial charge in [-0.1, -0.05) is 30.3 Å². The van der Waals surface area contributed by atoms with Gasteiger partial charge >= 0.3 is 5.97 Å². The van der Waals surface area contributed by atoms with Crippen molar-refractivity contribution in [2.24, 2.45) is 5.41 Å². The summed E-state index contributed by atoms with van der Waals surface area (Å²) < 4.78 is 5.03. The highest BCUT2D eigenvalue weighted by Gasteiger charge is 2.42. The summed E-state index contributed by atoms with van der Waals surface area (Å²) in [5.41, 5.74) is -0.165. The van der Waals surface area contributed by atoms with Gasteiger partial charge in [0.05, 0.1) is 17.9 Å². The van der Waals surface area contributed by atoms with Gasteiger partial charge in [0.1, 0.15) is 0 Å². The molecule has 1 aromatic carbocycles. The molecule has 1 atom stereocenters. The van der Waals surface area contributed by atoms with Crippen LogP contribution in [0.15, 0.2) is 30.3 Å². The predicted octanol–water partition coefficient (Wildman–Crippen LogP) is 2.64. The largest absolute Gasteiger partial charge is 0.466 e. The van der Waals surface area contributed by atoms with Crippen LogP contribution in [0.25, 0.3) is 0 Å². The highest BCUT2D eigenvalue weighted by molar-refractivity contribution is 5.77. The monoisotopic (exact) mass is 265 g/mol. The highest BCUT2D eigenvalue weighted by Crippen LogP contribution is 2.36. The first-order valence-corrected chi connectivity index (χ1v) is 6.23. The molecule has 0 aromatic heterocycles. The maximum atomic E-state index is 12.0. The number of benzene rings is 1. The number of ether oxygens (including phenoxy) is 1. The number of hydrogen-bond acceptors (Lipinski definition) is 4. The van der Waals surface area contributed by atoms with Crippen molar-refractivity contribution in [3.63, 3.8) is 0 Å². The molecule has 0 bridgehead atoms. The summed E-state index contributed by atoms with van der Waals surface area (Å²) in [6.07, 6.45) is 0. The van der Waals surface area contributed by atoms with E-state index in [1.54, 1.807) is 32.9 Å². The van der Waals surface area contributed by atoms with Crippen LogP contribution in [-0.4, -0.2) is 24.0 Å². The molecule has 1 rings (SSSR count). The molecule has 0 amide bonds. The maximum Gasteiger partial charge on any atom is 0.312 e. The van der Waals surface area contributed by atoms with E-state index in [0.717, 1.165) is 5.56 Å². The van der Waals surface area contributed by atoms with Gasteiger partial charge in [-0.25, -0.2) is 0 Å². The van der Waals surface area contributed by atoms with Crippen molar-refractivity contribution in [3.8, 4) is 0 Å². The van der Waals surface area contributed by atoms with Crippen LogP contribution in [0.3, 0.4) is 0 Å². The van der Waals surface area contributed by atoms with Crippen molar-refractivity contribution in [2.45, 2.75) is 26.7 Å². The number of hydrogen-bond donors (Lipinski definition) is 0. The molecular formula is C14H19NO4. The zero-order valence-electron chi connectivity index (χ0n) is 11.5. The lowest BCUT2D eigenvalue weighted by Crippen LogP contribution is -2.36. The average molecular weight is 265 g/mol. The van der Waals surface area contributed by atoms with Crippen molar-refractivity contribution in [3.05, 3.63) is 46.0 Å². The molecule has 1 aromatic rings. The summed E-state index contributed by atoms with van der Waals surface area (Å²) in [6.45, 7) is 5.06. The topological polar surface area (TPSA) is 69.4 Å². The normalized spacial score (nSPS) is 12.8. The maximum absolute atomic E-state index is 12.0. The van der Waals surface area contributed by atoms with Crippen LogP contribution in [0.2, 0.25) is 0 Å². The minimum atomic E-state index is -0.940. The third-order valence-corrected chi connectivity index (χ3v) is 3.21. The number of esters is 1. The summed E-state index contributed by atoms with van der Waals surface area (Å²) in [5.74, 6) is -0.923. The van der Waals surface area contributed by atoms with Gasteiger partial charge in [0.2, 0.25) is 6.54 Å². The molecule has 0 fully saturated rings. The second-order valence-electron chi connectivity index (χ2n) is 4.92. The fourth-order valence-electron chi connectivity index (χ4n) is 2.04. The molecule has 1 unspecified atom stereocenters. The molecular weight excluding hydrogens is 246 g/mol. The van der Waals surface area contributed by atoms with Gasteiger partial charge in [-0.2, -0.15) is 0 Å². The molecule has 0 aliphatic heterocycles. The number of carbonyl (C=O) groups is 1. The lowest BCUT2D eigenvalue weighted by atomic mass is 9.75. The molecule has 0 N–H and O–H groups in total. The first kappa shape index (κ1) is 15.1. The predicted molar refractivity (Wildman–Crippen MR) is 71.5 cm³/mol. The number of carbonyl (C=O) groups excluding carboxylic acids is 1. The van der Waals surface area contributed by atoms with Gasteiger partial charge in [-0.05, 0) is 26.3 Å². The number of nitrogens with zero attached hydrogens (tertiary/aromatic N) is 1. The van der Waals surface area contributed by atoms with E-state index in [1.807, 2.05) is 18.2 Å². The van der Waals surface area contributed by atoms with E-state index in [0.29, 0.717) is 0 Å². The summed E-state index contributed by atoms with van der Waals surface area (Å²) in [6, 6.07) is 9.06. The van der Waals surface area contributed by atoms with E-state index in [9.17, 15) is 14.9 Å². The van der Waals surface area contributed by atoms with E-state index in [-0.39, 0.29) is 13.2 Å². The summed E-state index contributed by atoms with van der Waals surface area (Å²) in [5, 5.41) is 10.9. The lowest BCUT2D eigenvalue weighted by molar-refractivity contribution is -0.485. The van der Waals surface area contributed by atoms with Gasteiger partial charge < -0.3 is 4.74 Å². The van der Waals surface area contributed by atoms with Crippen LogP contribution < -0.4 is 0 Å². The van der Waals surface area contributed by atoms with Crippen molar-refractivity contribution >= 4 is 5.97 Å². The molecule has 0 heterocycles. The third kappa shape index (κ3) is 3.77. The van der Waals surface area contributed by atoms with Gasteiger partial charge in [-0.15, -0.1) is 0 Å². The Balaban J connectivity index is 3.10. The zero-order valence-corrected chi connectivity index (χ0v) is 11.5. The fraction of sp³-hybridized carbons (Fsp3) is 0.500. The van der Waals surface area contributed by atoms with Gasteiger partial charge in [0.25, 0.3) is 0 Å². The van der Waals surface area contributed by atoms with Crippen molar-refractivity contribution in [1.82, 2.24) is 0 Å². The van der Waals surface area contributed by atoms with Crippen molar-refractivity contribution in [1.29, 1.82) is 0 Å². The minimum Gasteiger partial charge on any atom is -0.466 e. The summed E-state index contributed by atoms with van der Waals surface area (Å²) in [4.78, 5) is 22.5. The highest BCUT2D eigenvalue weighted by atomic mass is 16.6. The van der Waals surface area contributed by atoms with E-state index in [2.05, 4.69) is 0 Å². The first-order valence-electron chi connectivity index (χ1n) is 6.23. The Morgan fingerprint density at radius 1 is 1.37 bits per heavy atom. The van der Waals surface area contributed by atoms with Crippen LogP contribution >= 0.6 is 0 Å². The Kier molecular flexibility index (Phi) is 5.03. The second kappa shape index (κ2) is 6.31. The minimum absolute atomic E-state index is 0.266. The third-order valence-electron chi connectivity index (χ3n) is 3.21. The van der Waals surface area contributed by atoms with Crippen LogP contribution in [-0.2, 0) is 9.53 Å². The summed E-state index contributed by atoms with van der Waals surface area (Å²) in [7, 11) is 0. The van der Waals surface area contributed by atoms with Crippen LogP contribution in [0.1, 0.15) is 32.3 Å². The molecule has 0 saturated heterocycles. The van der Waals surface area contributed by atoms with Crippen LogP contribution in [0, 0.1) is 15.5 Å². The zero-order chi connectivity index (χ0) is 14.5. The van der Waals surface area contributed by atoms with Crippen LogP contribution in [0.4, 0.5) is 0 Å². The SMILES string of the molecule is CCOC(=O)C(C)(C)C(C[N+](=O)[O-])c1ccccc1. The van der Waals surface area contributed by atoms with Crippen molar-refractivity contribution < 1.29 is 14.5 Å². The fourth-order valence-corrected chi connectivity index (χ4v) is 2.04. The Labute approximate surface area is 112 Å². The smallest absolute Gasteiger partial charge is 0.312 e. The molecule has 5 heteroatoms. The Bertz CT molecular complexity index is 442. The standard InChI is InChI=1S/C14H19NO4/c1-4-19-13(16)14(2,3)12(10-15(17)18)11-8-6-5-7-9-11/h5-9,12H,4,10H2,1-3H3. The number of nitro groups is 1. The molecule has 0 aliphatic carbocycles. The molecule has 0 saturated carbocycles. The van der Waals surface area contributed by atoms with Crippen molar-refractivity contribution in [2.75, 3.05) is 13.2 Å². The molecule has 0 aliphatic rings. The lowest BCUT2D eigenvalue weighted by Gasteiger charge is -2.29. The molecule has 19 heavy (non-hydrogen) atoms. The van der Waals surface area contributed by atoms with Gasteiger partial charge in [0.15, 0.2) is 0 Å². The summed E-state index contributed by atoms with van der Waals surface area (Å²) >= 11 is 0. The van der Waals surface area contributed by atoms with E-state index < -0.39 is 22.2 Å². The van der Waals surface area contributed by atoms with E-state index >= 15 is 0 Å². The second-order valence-corrected chi connectivity index (χ2v) is 4.92. The average Bonchev–Trinajstić information content (AvgIpc) is 2.37. The Morgan fingerprint density at radius 3 is 2.42 bits per heavy atom. The molecule has 0 spiro atoms. The Morgan fingerprint density at radius 2 is 1.95 bits per heavy atom. The van der Waals surface area contributed by atoms with Crippen LogP contribution in [0.5, 0.6) is 0 Å². The number of rotatable bonds is 6.